The number of thioether (sulfide) groups is 1. The Kier molecular flexibility index (Phi) is 6.03. The van der Waals surface area contributed by atoms with Crippen LogP contribution >= 0.6 is 11.8 Å². The summed E-state index contributed by atoms with van der Waals surface area (Å²) in [5.41, 5.74) is 0.846. The lowest BCUT2D eigenvalue weighted by Crippen LogP contribution is -2.37. The van der Waals surface area contributed by atoms with Crippen LogP contribution in [0.1, 0.15) is 32.6 Å². The highest BCUT2D eigenvalue weighted by Gasteiger charge is 2.24. The summed E-state index contributed by atoms with van der Waals surface area (Å²) < 4.78 is 6.61. The summed E-state index contributed by atoms with van der Waals surface area (Å²) in [6.45, 7) is 3.59. The number of carbonyl (C=O) groups is 1. The number of methoxy groups -OCH3 is 1. The molecule has 0 saturated carbocycles. The fraction of sp³-hybridized carbons (Fsp3) is 0.500. The molecule has 0 bridgehead atoms. The molecule has 0 aliphatic carbocycles. The topological polar surface area (TPSA) is 86.3 Å². The molecule has 1 unspecified atom stereocenters. The van der Waals surface area contributed by atoms with Crippen LogP contribution < -0.4 is 10.6 Å². The number of nitrogens with two attached hydrogens (primary N) is 1. The van der Waals surface area contributed by atoms with Gasteiger partial charge in [0.1, 0.15) is 5.75 Å². The van der Waals surface area contributed by atoms with Gasteiger partial charge >= 0.3 is 0 Å². The molecule has 1 aliphatic heterocycles. The molecule has 1 aliphatic rings. The summed E-state index contributed by atoms with van der Waals surface area (Å²) >= 11 is 1.35. The summed E-state index contributed by atoms with van der Waals surface area (Å²) in [4.78, 5) is 14.7. The largest absolute Gasteiger partial charge is 0.497 e. The van der Waals surface area contributed by atoms with E-state index in [9.17, 15) is 4.79 Å². The molecule has 3 rings (SSSR count). The van der Waals surface area contributed by atoms with Crippen molar-refractivity contribution in [1.82, 2.24) is 19.8 Å². The van der Waals surface area contributed by atoms with Crippen molar-refractivity contribution in [2.75, 3.05) is 26.0 Å². The van der Waals surface area contributed by atoms with Gasteiger partial charge in [0.25, 0.3) is 0 Å². The molecule has 0 radical (unpaired) electrons. The minimum absolute atomic E-state index is 0.144. The number of aromatic nitrogens is 3. The first-order chi connectivity index (χ1) is 12.6. The van der Waals surface area contributed by atoms with Crippen molar-refractivity contribution < 1.29 is 9.53 Å². The van der Waals surface area contributed by atoms with Gasteiger partial charge in [-0.3, -0.25) is 4.79 Å². The molecule has 1 fully saturated rings. The van der Waals surface area contributed by atoms with E-state index in [1.54, 1.807) is 7.11 Å². The van der Waals surface area contributed by atoms with E-state index < -0.39 is 0 Å². The van der Waals surface area contributed by atoms with Crippen molar-refractivity contribution in [2.24, 2.45) is 0 Å². The Bertz CT molecular complexity index is 739. The van der Waals surface area contributed by atoms with E-state index in [4.69, 9.17) is 10.6 Å². The second-order valence-corrected chi connectivity index (χ2v) is 7.71. The third-order valence-corrected chi connectivity index (χ3v) is 5.60. The predicted molar refractivity (Wildman–Crippen MR) is 103 cm³/mol. The fourth-order valence-electron chi connectivity index (χ4n) is 3.05. The number of hydrogen-bond donors (Lipinski definition) is 1. The van der Waals surface area contributed by atoms with Gasteiger partial charge in [-0.15, -0.1) is 10.2 Å². The van der Waals surface area contributed by atoms with Crippen molar-refractivity contribution >= 4 is 17.7 Å². The Morgan fingerprint density at radius 3 is 2.42 bits per heavy atom. The Labute approximate surface area is 157 Å². The fourth-order valence-corrected chi connectivity index (χ4v) is 3.91. The van der Waals surface area contributed by atoms with Crippen molar-refractivity contribution in [2.45, 2.75) is 43.0 Å². The van der Waals surface area contributed by atoms with Crippen LogP contribution in [0.2, 0.25) is 0 Å². The number of carbonyl (C=O) groups excluding carboxylic acids is 1. The first-order valence-corrected chi connectivity index (χ1v) is 9.78. The molecule has 1 amide bonds. The summed E-state index contributed by atoms with van der Waals surface area (Å²) in [5, 5.41) is 8.64. The third kappa shape index (κ3) is 4.12. The number of nitrogen functional groups attached to an aromatic ring is 1. The van der Waals surface area contributed by atoms with Crippen molar-refractivity contribution in [3.8, 4) is 17.1 Å². The van der Waals surface area contributed by atoms with E-state index in [1.165, 1.54) is 29.3 Å². The molecule has 140 valence electrons. The number of ether oxygens (including phenoxy) is 1. The van der Waals surface area contributed by atoms with Crippen LogP contribution in [0.3, 0.4) is 0 Å². The molecule has 7 nitrogen and oxygen atoms in total. The van der Waals surface area contributed by atoms with Crippen molar-refractivity contribution in [1.29, 1.82) is 0 Å². The SMILES string of the molecule is COc1ccc(-c2nnc(SC(C)C(=O)N3CCCCCC3)n2N)cc1. The van der Waals surface area contributed by atoms with Gasteiger partial charge in [-0.05, 0) is 44.0 Å². The minimum atomic E-state index is -0.247. The molecular weight excluding hydrogens is 350 g/mol. The van der Waals surface area contributed by atoms with Crippen molar-refractivity contribution in [3.05, 3.63) is 24.3 Å². The zero-order chi connectivity index (χ0) is 18.5. The lowest BCUT2D eigenvalue weighted by molar-refractivity contribution is -0.130. The first kappa shape index (κ1) is 18.6. The zero-order valence-corrected chi connectivity index (χ0v) is 16.0. The Hall–Kier alpha value is -2.22. The quantitative estimate of drug-likeness (QED) is 0.638. The first-order valence-electron chi connectivity index (χ1n) is 8.90. The van der Waals surface area contributed by atoms with E-state index in [-0.39, 0.29) is 11.2 Å². The standard InChI is InChI=1S/C18H25N5O2S/c1-13(17(24)22-11-5-3-4-6-12-22)26-18-21-20-16(23(18)19)14-7-9-15(25-2)10-8-14/h7-10,13H,3-6,11-12,19H2,1-2H3. The number of rotatable bonds is 5. The van der Waals surface area contributed by atoms with Gasteiger partial charge in [-0.1, -0.05) is 24.6 Å². The van der Waals surface area contributed by atoms with E-state index in [2.05, 4.69) is 10.2 Å². The van der Waals surface area contributed by atoms with Gasteiger partial charge < -0.3 is 15.5 Å². The van der Waals surface area contributed by atoms with Gasteiger partial charge in [-0.2, -0.15) is 0 Å². The van der Waals surface area contributed by atoms with Crippen LogP contribution in [0, 0.1) is 0 Å². The second-order valence-electron chi connectivity index (χ2n) is 6.40. The number of nitrogens with zero attached hydrogens (tertiary/aromatic N) is 4. The second kappa shape index (κ2) is 8.44. The van der Waals surface area contributed by atoms with Gasteiger partial charge in [0, 0.05) is 18.7 Å². The average molecular weight is 375 g/mol. The van der Waals surface area contributed by atoms with Crippen molar-refractivity contribution in [3.63, 3.8) is 0 Å². The van der Waals surface area contributed by atoms with Crippen LogP contribution in [-0.2, 0) is 4.79 Å². The Morgan fingerprint density at radius 1 is 1.15 bits per heavy atom. The lowest BCUT2D eigenvalue weighted by atomic mass is 10.2. The Morgan fingerprint density at radius 2 is 1.81 bits per heavy atom. The molecule has 2 heterocycles. The van der Waals surface area contributed by atoms with Crippen LogP contribution in [0.5, 0.6) is 5.75 Å². The predicted octanol–water partition coefficient (Wildman–Crippen LogP) is 2.55. The minimum Gasteiger partial charge on any atom is -0.497 e. The van der Waals surface area contributed by atoms with E-state index >= 15 is 0 Å². The molecule has 1 atom stereocenters. The highest BCUT2D eigenvalue weighted by molar-refractivity contribution is 8.00. The van der Waals surface area contributed by atoms with Crippen LogP contribution in [-0.4, -0.2) is 51.1 Å². The molecule has 1 aromatic carbocycles. The normalized spacial score (nSPS) is 16.2. The highest BCUT2D eigenvalue weighted by Crippen LogP contribution is 2.27. The maximum atomic E-state index is 12.7. The number of benzene rings is 1. The van der Waals surface area contributed by atoms with Crippen LogP contribution in [0.4, 0.5) is 0 Å². The summed E-state index contributed by atoms with van der Waals surface area (Å²) in [7, 11) is 1.62. The molecule has 1 aromatic heterocycles. The lowest BCUT2D eigenvalue weighted by Gasteiger charge is -2.23. The maximum Gasteiger partial charge on any atom is 0.235 e. The summed E-state index contributed by atoms with van der Waals surface area (Å²) in [6, 6.07) is 7.46. The average Bonchev–Trinajstić information content (AvgIpc) is 2.87. The summed E-state index contributed by atoms with van der Waals surface area (Å²) in [5.74, 6) is 7.64. The number of likely N-dealkylation sites (tertiary alicyclic amines) is 1. The molecular formula is C18H25N5O2S. The van der Waals surface area contributed by atoms with Gasteiger partial charge in [-0.25, -0.2) is 4.68 Å². The number of amides is 1. The van der Waals surface area contributed by atoms with Gasteiger partial charge in [0.2, 0.25) is 11.1 Å². The van der Waals surface area contributed by atoms with Crippen LogP contribution in [0.25, 0.3) is 11.4 Å². The monoisotopic (exact) mass is 375 g/mol. The molecule has 1 saturated heterocycles. The summed E-state index contributed by atoms with van der Waals surface area (Å²) in [6.07, 6.45) is 4.57. The van der Waals surface area contributed by atoms with Gasteiger partial charge in [0.15, 0.2) is 5.82 Å². The molecule has 26 heavy (non-hydrogen) atoms. The number of hydrogen-bond acceptors (Lipinski definition) is 6. The highest BCUT2D eigenvalue weighted by atomic mass is 32.2. The molecule has 8 heteroatoms. The zero-order valence-electron chi connectivity index (χ0n) is 15.2. The van der Waals surface area contributed by atoms with Gasteiger partial charge in [0.05, 0.1) is 12.4 Å². The van der Waals surface area contributed by atoms with E-state index in [0.717, 1.165) is 37.2 Å². The van der Waals surface area contributed by atoms with E-state index in [1.807, 2.05) is 36.1 Å². The molecule has 2 N–H and O–H groups in total. The maximum absolute atomic E-state index is 12.7. The smallest absolute Gasteiger partial charge is 0.235 e. The molecule has 2 aromatic rings. The molecule has 0 spiro atoms. The van der Waals surface area contributed by atoms with Crippen LogP contribution in [0.15, 0.2) is 29.4 Å². The Balaban J connectivity index is 1.69. The third-order valence-electron chi connectivity index (χ3n) is 4.56. The van der Waals surface area contributed by atoms with E-state index in [0.29, 0.717) is 11.0 Å².